The highest BCUT2D eigenvalue weighted by Gasteiger charge is 2.03. The van der Waals surface area contributed by atoms with E-state index in [-0.39, 0.29) is 0 Å². The van der Waals surface area contributed by atoms with Gasteiger partial charge in [0.25, 0.3) is 0 Å². The molecule has 0 unspecified atom stereocenters. The Hall–Kier alpha value is -0.640. The van der Waals surface area contributed by atoms with E-state index in [1.54, 1.807) is 11.8 Å². The highest BCUT2D eigenvalue weighted by Crippen LogP contribution is 2.31. The fourth-order valence-corrected chi connectivity index (χ4v) is 3.03. The molecule has 0 bridgehead atoms. The van der Waals surface area contributed by atoms with E-state index in [0.717, 1.165) is 31.4 Å². The van der Waals surface area contributed by atoms with Crippen LogP contribution in [-0.4, -0.2) is 0 Å². The van der Waals surface area contributed by atoms with Crippen LogP contribution in [0.2, 0.25) is 5.02 Å². The van der Waals surface area contributed by atoms with Gasteiger partial charge in [-0.05, 0) is 29.8 Å². The lowest BCUT2D eigenvalue weighted by Crippen LogP contribution is -1.89. The standard InChI is InChI=1S/C13H11BrClNS/c14-10-5-6-13(12(16)7-10)17-8-9-3-1-2-4-11(9)15/h1-7H,8,16H2. The molecule has 2 rings (SSSR count). The van der Waals surface area contributed by atoms with Crippen LogP contribution in [0.5, 0.6) is 0 Å². The molecule has 2 aromatic rings. The van der Waals surface area contributed by atoms with Gasteiger partial charge in [0.2, 0.25) is 0 Å². The fourth-order valence-electron chi connectivity index (χ4n) is 1.42. The molecule has 0 atom stereocenters. The highest BCUT2D eigenvalue weighted by atomic mass is 79.9. The first kappa shape index (κ1) is 12.8. The van der Waals surface area contributed by atoms with Crippen LogP contribution < -0.4 is 5.73 Å². The van der Waals surface area contributed by atoms with Crippen molar-refractivity contribution in [3.8, 4) is 0 Å². The Kier molecular flexibility index (Phi) is 4.37. The summed E-state index contributed by atoms with van der Waals surface area (Å²) in [4.78, 5) is 1.08. The lowest BCUT2D eigenvalue weighted by molar-refractivity contribution is 1.38. The van der Waals surface area contributed by atoms with E-state index in [0.29, 0.717) is 0 Å². The molecule has 0 aromatic heterocycles. The Morgan fingerprint density at radius 1 is 1.18 bits per heavy atom. The zero-order chi connectivity index (χ0) is 12.3. The summed E-state index contributed by atoms with van der Waals surface area (Å²) < 4.78 is 0.997. The summed E-state index contributed by atoms with van der Waals surface area (Å²) in [6.07, 6.45) is 0. The van der Waals surface area contributed by atoms with Gasteiger partial charge in [0, 0.05) is 25.8 Å². The number of benzene rings is 2. The summed E-state index contributed by atoms with van der Waals surface area (Å²) in [5, 5.41) is 0.802. The molecular formula is C13H11BrClNS. The predicted molar refractivity (Wildman–Crippen MR) is 79.6 cm³/mol. The van der Waals surface area contributed by atoms with Crippen LogP contribution in [0.4, 0.5) is 5.69 Å². The second-order valence-corrected chi connectivity index (χ2v) is 5.90. The molecule has 2 N–H and O–H groups in total. The van der Waals surface area contributed by atoms with Crippen molar-refractivity contribution in [2.75, 3.05) is 5.73 Å². The molecule has 0 radical (unpaired) electrons. The monoisotopic (exact) mass is 327 g/mol. The smallest absolute Gasteiger partial charge is 0.0463 e. The molecule has 17 heavy (non-hydrogen) atoms. The van der Waals surface area contributed by atoms with Crippen LogP contribution >= 0.6 is 39.3 Å². The van der Waals surface area contributed by atoms with Crippen molar-refractivity contribution in [2.24, 2.45) is 0 Å². The largest absolute Gasteiger partial charge is 0.398 e. The van der Waals surface area contributed by atoms with Crippen LogP contribution in [0.25, 0.3) is 0 Å². The van der Waals surface area contributed by atoms with Gasteiger partial charge in [0.1, 0.15) is 0 Å². The van der Waals surface area contributed by atoms with Crippen molar-refractivity contribution < 1.29 is 0 Å². The highest BCUT2D eigenvalue weighted by molar-refractivity contribution is 9.10. The fraction of sp³-hybridized carbons (Fsp3) is 0.0769. The summed E-state index contributed by atoms with van der Waals surface area (Å²) in [5.41, 5.74) is 7.85. The van der Waals surface area contributed by atoms with E-state index in [4.69, 9.17) is 17.3 Å². The molecule has 0 spiro atoms. The van der Waals surface area contributed by atoms with Crippen molar-refractivity contribution in [1.29, 1.82) is 0 Å². The first-order chi connectivity index (χ1) is 8.16. The molecule has 4 heteroatoms. The van der Waals surface area contributed by atoms with Gasteiger partial charge in [-0.25, -0.2) is 0 Å². The summed E-state index contributed by atoms with van der Waals surface area (Å²) in [6.45, 7) is 0. The molecule has 0 saturated carbocycles. The third-order valence-corrected chi connectivity index (χ3v) is 4.31. The Morgan fingerprint density at radius 2 is 1.94 bits per heavy atom. The zero-order valence-electron chi connectivity index (χ0n) is 8.99. The molecule has 0 aliphatic carbocycles. The third-order valence-electron chi connectivity index (χ3n) is 2.31. The topological polar surface area (TPSA) is 26.0 Å². The van der Waals surface area contributed by atoms with E-state index in [2.05, 4.69) is 15.9 Å². The van der Waals surface area contributed by atoms with Crippen LogP contribution in [0.3, 0.4) is 0 Å². The Morgan fingerprint density at radius 3 is 2.65 bits per heavy atom. The van der Waals surface area contributed by atoms with Gasteiger partial charge in [0.05, 0.1) is 0 Å². The van der Waals surface area contributed by atoms with Gasteiger partial charge in [-0.15, -0.1) is 11.8 Å². The first-order valence-electron chi connectivity index (χ1n) is 5.08. The first-order valence-corrected chi connectivity index (χ1v) is 7.23. The van der Waals surface area contributed by atoms with Gasteiger partial charge >= 0.3 is 0 Å². The van der Waals surface area contributed by atoms with Crippen LogP contribution in [0.1, 0.15) is 5.56 Å². The number of halogens is 2. The minimum absolute atomic E-state index is 0.788. The van der Waals surface area contributed by atoms with Gasteiger partial charge in [-0.2, -0.15) is 0 Å². The second kappa shape index (κ2) is 5.80. The van der Waals surface area contributed by atoms with Crippen molar-refractivity contribution in [3.63, 3.8) is 0 Å². The van der Waals surface area contributed by atoms with E-state index in [1.165, 1.54) is 0 Å². The molecule has 88 valence electrons. The lowest BCUT2D eigenvalue weighted by Gasteiger charge is -2.07. The molecule has 0 saturated heterocycles. The summed E-state index contributed by atoms with van der Waals surface area (Å²) in [7, 11) is 0. The van der Waals surface area contributed by atoms with Crippen LogP contribution in [-0.2, 0) is 5.75 Å². The summed E-state index contributed by atoms with van der Waals surface area (Å²) in [5.74, 6) is 0.825. The number of nitrogens with two attached hydrogens (primary N) is 1. The number of thioether (sulfide) groups is 1. The molecule has 0 fully saturated rings. The van der Waals surface area contributed by atoms with Gasteiger partial charge < -0.3 is 5.73 Å². The van der Waals surface area contributed by atoms with E-state index < -0.39 is 0 Å². The number of rotatable bonds is 3. The normalized spacial score (nSPS) is 10.5. The average Bonchev–Trinajstić information content (AvgIpc) is 2.30. The third kappa shape index (κ3) is 3.41. The van der Waals surface area contributed by atoms with Gasteiger partial charge in [-0.3, -0.25) is 0 Å². The van der Waals surface area contributed by atoms with Crippen molar-refractivity contribution in [2.45, 2.75) is 10.6 Å². The van der Waals surface area contributed by atoms with Crippen molar-refractivity contribution in [1.82, 2.24) is 0 Å². The Balaban J connectivity index is 2.10. The quantitative estimate of drug-likeness (QED) is 0.635. The lowest BCUT2D eigenvalue weighted by atomic mass is 10.2. The predicted octanol–water partition coefficient (Wildman–Crippen LogP) is 4.98. The van der Waals surface area contributed by atoms with Crippen LogP contribution in [0, 0.1) is 0 Å². The van der Waals surface area contributed by atoms with Crippen molar-refractivity contribution in [3.05, 3.63) is 57.5 Å². The zero-order valence-corrected chi connectivity index (χ0v) is 12.1. The number of hydrogen-bond donors (Lipinski definition) is 1. The van der Waals surface area contributed by atoms with E-state index >= 15 is 0 Å². The number of anilines is 1. The average molecular weight is 329 g/mol. The van der Waals surface area contributed by atoms with Gasteiger partial charge in [-0.1, -0.05) is 45.7 Å². The van der Waals surface area contributed by atoms with E-state index in [9.17, 15) is 0 Å². The minimum Gasteiger partial charge on any atom is -0.398 e. The summed E-state index contributed by atoms with van der Waals surface area (Å²) in [6, 6.07) is 13.8. The molecule has 2 aromatic carbocycles. The van der Waals surface area contributed by atoms with Crippen molar-refractivity contribution >= 4 is 45.0 Å². The molecule has 0 heterocycles. The molecule has 1 nitrogen and oxygen atoms in total. The maximum Gasteiger partial charge on any atom is 0.0463 e. The SMILES string of the molecule is Nc1cc(Br)ccc1SCc1ccccc1Cl. The van der Waals surface area contributed by atoms with E-state index in [1.807, 2.05) is 42.5 Å². The Labute approximate surface area is 118 Å². The molecule has 0 amide bonds. The maximum absolute atomic E-state index is 6.10. The molecular weight excluding hydrogens is 318 g/mol. The van der Waals surface area contributed by atoms with Crippen LogP contribution in [0.15, 0.2) is 51.8 Å². The number of nitrogen functional groups attached to an aromatic ring is 1. The molecule has 0 aliphatic rings. The minimum atomic E-state index is 0.788. The molecule has 0 aliphatic heterocycles. The van der Waals surface area contributed by atoms with Gasteiger partial charge in [0.15, 0.2) is 0 Å². The number of hydrogen-bond acceptors (Lipinski definition) is 2. The second-order valence-electron chi connectivity index (χ2n) is 3.56. The maximum atomic E-state index is 6.10. The summed E-state index contributed by atoms with van der Waals surface area (Å²) >= 11 is 11.2. The Bertz CT molecular complexity index is 531.